The van der Waals surface area contributed by atoms with E-state index in [9.17, 15) is 4.79 Å². The van der Waals surface area contributed by atoms with Gasteiger partial charge in [0.15, 0.2) is 0 Å². The third-order valence-corrected chi connectivity index (χ3v) is 3.19. The van der Waals surface area contributed by atoms with Crippen molar-refractivity contribution in [2.45, 2.75) is 77.2 Å². The molecule has 0 aromatic carbocycles. The summed E-state index contributed by atoms with van der Waals surface area (Å²) < 4.78 is 4.90. The fourth-order valence-electron chi connectivity index (χ4n) is 1.91. The van der Waals surface area contributed by atoms with Crippen molar-refractivity contribution in [2.24, 2.45) is 5.73 Å². The van der Waals surface area contributed by atoms with Crippen LogP contribution in [0.1, 0.15) is 71.1 Å². The number of nitrogens with two attached hydrogens (primary N) is 1. The Bertz CT molecular complexity index is 210. The molecule has 0 saturated heterocycles. The summed E-state index contributed by atoms with van der Waals surface area (Å²) in [6, 6.07) is 0. The van der Waals surface area contributed by atoms with E-state index in [0.29, 0.717) is 6.42 Å². The predicted molar refractivity (Wildman–Crippen MR) is 77.9 cm³/mol. The molecule has 4 heteroatoms. The molecule has 1 unspecified atom stereocenters. The zero-order valence-corrected chi connectivity index (χ0v) is 12.4. The van der Waals surface area contributed by atoms with Crippen LogP contribution >= 0.6 is 0 Å². The minimum absolute atomic E-state index is 0.0206. The number of esters is 1. The molecule has 0 saturated carbocycles. The van der Waals surface area contributed by atoms with Crippen molar-refractivity contribution >= 4 is 5.97 Å². The van der Waals surface area contributed by atoms with E-state index in [-0.39, 0.29) is 19.1 Å². The van der Waals surface area contributed by atoms with Crippen LogP contribution < -0.4 is 5.73 Å². The lowest BCUT2D eigenvalue weighted by atomic mass is 10.1. The van der Waals surface area contributed by atoms with Crippen molar-refractivity contribution in [3.8, 4) is 0 Å². The standard InChI is InChI=1S/C15H31NO3/c1-2-3-4-5-6-7-8-9-10-11-15(18)19-13-14(17)12-16/h14,17H,2-13,16H2,1H3. The minimum Gasteiger partial charge on any atom is -0.463 e. The molecule has 1 atom stereocenters. The number of aliphatic hydroxyl groups excluding tert-OH is 1. The van der Waals surface area contributed by atoms with Gasteiger partial charge in [-0.25, -0.2) is 0 Å². The Balaban J connectivity index is 3.18. The van der Waals surface area contributed by atoms with Crippen LogP contribution in [0.3, 0.4) is 0 Å². The quantitative estimate of drug-likeness (QED) is 0.400. The molecular formula is C15H31NO3. The Morgan fingerprint density at radius 2 is 1.58 bits per heavy atom. The van der Waals surface area contributed by atoms with Gasteiger partial charge in [-0.05, 0) is 6.42 Å². The molecule has 3 N–H and O–H groups in total. The Morgan fingerprint density at radius 1 is 1.05 bits per heavy atom. The molecule has 0 aliphatic carbocycles. The van der Waals surface area contributed by atoms with Crippen molar-refractivity contribution in [2.75, 3.05) is 13.2 Å². The summed E-state index contributed by atoms with van der Waals surface area (Å²) >= 11 is 0. The predicted octanol–water partition coefficient (Wildman–Crippen LogP) is 2.77. The average molecular weight is 273 g/mol. The first-order valence-corrected chi connectivity index (χ1v) is 7.74. The molecule has 0 fully saturated rings. The third kappa shape index (κ3) is 13.6. The average Bonchev–Trinajstić information content (AvgIpc) is 2.42. The van der Waals surface area contributed by atoms with Gasteiger partial charge in [-0.1, -0.05) is 58.3 Å². The van der Waals surface area contributed by atoms with Gasteiger partial charge in [-0.3, -0.25) is 4.79 Å². The lowest BCUT2D eigenvalue weighted by Gasteiger charge is -2.08. The van der Waals surface area contributed by atoms with Gasteiger partial charge in [0.05, 0.1) is 0 Å². The van der Waals surface area contributed by atoms with Crippen LogP contribution in [0, 0.1) is 0 Å². The van der Waals surface area contributed by atoms with Crippen molar-refractivity contribution in [1.29, 1.82) is 0 Å². The normalized spacial score (nSPS) is 12.4. The number of rotatable bonds is 13. The lowest BCUT2D eigenvalue weighted by molar-refractivity contribution is -0.146. The van der Waals surface area contributed by atoms with E-state index in [0.717, 1.165) is 12.8 Å². The highest BCUT2D eigenvalue weighted by Gasteiger charge is 2.06. The molecule has 4 nitrogen and oxygen atoms in total. The highest BCUT2D eigenvalue weighted by molar-refractivity contribution is 5.69. The molecule has 0 bridgehead atoms. The number of aliphatic hydroxyl groups is 1. The third-order valence-electron chi connectivity index (χ3n) is 3.19. The van der Waals surface area contributed by atoms with Crippen molar-refractivity contribution in [3.05, 3.63) is 0 Å². The summed E-state index contributed by atoms with van der Waals surface area (Å²) in [6.45, 7) is 2.38. The first kappa shape index (κ1) is 18.4. The monoisotopic (exact) mass is 273 g/mol. The van der Waals surface area contributed by atoms with E-state index >= 15 is 0 Å². The molecule has 0 heterocycles. The van der Waals surface area contributed by atoms with Crippen LogP contribution in [-0.4, -0.2) is 30.3 Å². The number of hydrogen-bond acceptors (Lipinski definition) is 4. The van der Waals surface area contributed by atoms with Crippen molar-refractivity contribution in [3.63, 3.8) is 0 Å². The van der Waals surface area contributed by atoms with E-state index < -0.39 is 6.10 Å². The summed E-state index contributed by atoms with van der Waals surface area (Å²) in [5, 5.41) is 9.13. The van der Waals surface area contributed by atoms with Crippen LogP contribution in [0.4, 0.5) is 0 Å². The lowest BCUT2D eigenvalue weighted by Crippen LogP contribution is -2.26. The molecule has 0 radical (unpaired) electrons. The van der Waals surface area contributed by atoms with Crippen LogP contribution in [0.25, 0.3) is 0 Å². The van der Waals surface area contributed by atoms with Crippen LogP contribution in [0.5, 0.6) is 0 Å². The molecule has 0 aromatic rings. The zero-order chi connectivity index (χ0) is 14.3. The molecule has 0 rings (SSSR count). The smallest absolute Gasteiger partial charge is 0.305 e. The van der Waals surface area contributed by atoms with E-state index in [4.69, 9.17) is 15.6 Å². The molecule has 0 aliphatic heterocycles. The fourth-order valence-corrected chi connectivity index (χ4v) is 1.91. The Labute approximate surface area is 117 Å². The highest BCUT2D eigenvalue weighted by atomic mass is 16.5. The number of ether oxygens (including phenoxy) is 1. The van der Waals surface area contributed by atoms with Gasteiger partial charge in [0.25, 0.3) is 0 Å². The van der Waals surface area contributed by atoms with Crippen LogP contribution in [0.15, 0.2) is 0 Å². The Kier molecular flexibility index (Phi) is 13.4. The number of carbonyl (C=O) groups excluding carboxylic acids is 1. The maximum absolute atomic E-state index is 11.3. The number of carbonyl (C=O) groups is 1. The van der Waals surface area contributed by atoms with Crippen LogP contribution in [-0.2, 0) is 9.53 Å². The second-order valence-corrected chi connectivity index (χ2v) is 5.15. The van der Waals surface area contributed by atoms with Gasteiger partial charge in [-0.2, -0.15) is 0 Å². The molecule has 0 spiro atoms. The first-order valence-electron chi connectivity index (χ1n) is 7.74. The SMILES string of the molecule is CCCCCCCCCCCC(=O)OCC(O)CN. The van der Waals surface area contributed by atoms with Gasteiger partial charge >= 0.3 is 5.97 Å². The molecule has 0 aromatic heterocycles. The van der Waals surface area contributed by atoms with Crippen molar-refractivity contribution in [1.82, 2.24) is 0 Å². The Hall–Kier alpha value is -0.610. The van der Waals surface area contributed by atoms with E-state index in [1.54, 1.807) is 0 Å². The summed E-state index contributed by atoms with van der Waals surface area (Å²) in [5.74, 6) is -0.226. The van der Waals surface area contributed by atoms with Crippen LogP contribution in [0.2, 0.25) is 0 Å². The van der Waals surface area contributed by atoms with Gasteiger partial charge in [-0.15, -0.1) is 0 Å². The van der Waals surface area contributed by atoms with Gasteiger partial charge < -0.3 is 15.6 Å². The van der Waals surface area contributed by atoms with E-state index in [1.807, 2.05) is 0 Å². The number of unbranched alkanes of at least 4 members (excludes halogenated alkanes) is 8. The summed E-state index contributed by atoms with van der Waals surface area (Å²) in [6.07, 6.45) is 10.8. The van der Waals surface area contributed by atoms with E-state index in [2.05, 4.69) is 6.92 Å². The molecule has 0 amide bonds. The first-order chi connectivity index (χ1) is 9.20. The maximum Gasteiger partial charge on any atom is 0.305 e. The summed E-state index contributed by atoms with van der Waals surface area (Å²) in [5.41, 5.74) is 5.22. The van der Waals surface area contributed by atoms with Crippen molar-refractivity contribution < 1.29 is 14.6 Å². The maximum atomic E-state index is 11.3. The zero-order valence-electron chi connectivity index (χ0n) is 12.4. The Morgan fingerprint density at radius 3 is 2.11 bits per heavy atom. The fraction of sp³-hybridized carbons (Fsp3) is 0.933. The molecule has 0 aliphatic rings. The molecular weight excluding hydrogens is 242 g/mol. The summed E-state index contributed by atoms with van der Waals surface area (Å²) in [4.78, 5) is 11.3. The minimum atomic E-state index is -0.730. The highest BCUT2D eigenvalue weighted by Crippen LogP contribution is 2.10. The second-order valence-electron chi connectivity index (χ2n) is 5.15. The molecule has 19 heavy (non-hydrogen) atoms. The summed E-state index contributed by atoms with van der Waals surface area (Å²) in [7, 11) is 0. The van der Waals surface area contributed by atoms with E-state index in [1.165, 1.54) is 44.9 Å². The van der Waals surface area contributed by atoms with Gasteiger partial charge in [0, 0.05) is 13.0 Å². The number of hydrogen-bond donors (Lipinski definition) is 2. The van der Waals surface area contributed by atoms with Gasteiger partial charge in [0.1, 0.15) is 12.7 Å². The van der Waals surface area contributed by atoms with Gasteiger partial charge in [0.2, 0.25) is 0 Å². The topological polar surface area (TPSA) is 72.5 Å². The largest absolute Gasteiger partial charge is 0.463 e. The second kappa shape index (κ2) is 13.8. The molecule has 114 valence electrons.